The highest BCUT2D eigenvalue weighted by Gasteiger charge is 2.51. The number of amides is 5. The molecule has 0 aromatic heterocycles. The predicted molar refractivity (Wildman–Crippen MR) is 108 cm³/mol. The third kappa shape index (κ3) is 4.90. The largest absolute Gasteiger partial charge is 0.484 e. The number of carbonyl (C=O) groups is 4. The average Bonchev–Trinajstić information content (AvgIpc) is 3.27. The third-order valence-corrected chi connectivity index (χ3v) is 5.68. The highest BCUT2D eigenvalue weighted by atomic mass is 16.5. The second-order valence-electron chi connectivity index (χ2n) is 7.91. The molecule has 1 aromatic carbocycles. The molecule has 30 heavy (non-hydrogen) atoms. The van der Waals surface area contributed by atoms with Crippen molar-refractivity contribution >= 4 is 23.8 Å². The summed E-state index contributed by atoms with van der Waals surface area (Å²) < 4.78 is 5.40. The first-order valence-electron chi connectivity index (χ1n) is 10.2. The van der Waals surface area contributed by atoms with Crippen molar-refractivity contribution in [2.24, 2.45) is 0 Å². The van der Waals surface area contributed by atoms with Gasteiger partial charge in [-0.05, 0) is 56.4 Å². The molecule has 2 aliphatic rings. The van der Waals surface area contributed by atoms with Crippen LogP contribution in [0.4, 0.5) is 4.79 Å². The van der Waals surface area contributed by atoms with E-state index < -0.39 is 17.4 Å². The van der Waals surface area contributed by atoms with Crippen molar-refractivity contribution in [2.45, 2.75) is 57.9 Å². The van der Waals surface area contributed by atoms with Crippen LogP contribution in [0, 0.1) is 13.8 Å². The number of hydrogen-bond donors (Lipinski definition) is 3. The Balaban J connectivity index is 1.34. The molecule has 2 fully saturated rings. The fourth-order valence-electron chi connectivity index (χ4n) is 3.79. The van der Waals surface area contributed by atoms with Crippen molar-refractivity contribution in [3.05, 3.63) is 29.3 Å². The molecule has 1 aliphatic carbocycles. The van der Waals surface area contributed by atoms with Gasteiger partial charge in [-0.1, -0.05) is 18.9 Å². The molecule has 9 heteroatoms. The number of imide groups is 1. The van der Waals surface area contributed by atoms with Crippen LogP contribution in [0.25, 0.3) is 0 Å². The van der Waals surface area contributed by atoms with E-state index in [1.54, 1.807) is 6.07 Å². The van der Waals surface area contributed by atoms with Crippen molar-refractivity contribution in [3.63, 3.8) is 0 Å². The van der Waals surface area contributed by atoms with Gasteiger partial charge in [-0.3, -0.25) is 30.1 Å². The molecular weight excluding hydrogens is 388 g/mol. The molecule has 0 atom stereocenters. The standard InChI is InChI=1S/C21H28N4O5/c1-14-7-8-16(12-15(14)2)30-13-18(27)24-23-17(26)6-5-11-25-19(28)21(22-20(25)29)9-3-4-10-21/h7-8,12H,3-6,9-11,13H2,1-2H3,(H,22,29)(H,23,26)(H,24,27). The Morgan fingerprint density at radius 1 is 1.10 bits per heavy atom. The minimum absolute atomic E-state index is 0.0718. The predicted octanol–water partition coefficient (Wildman–Crippen LogP) is 1.47. The van der Waals surface area contributed by atoms with Gasteiger partial charge in [0.25, 0.3) is 11.8 Å². The number of hydrogen-bond acceptors (Lipinski definition) is 5. The van der Waals surface area contributed by atoms with Gasteiger partial charge in [-0.25, -0.2) is 4.79 Å². The Morgan fingerprint density at radius 3 is 2.50 bits per heavy atom. The minimum Gasteiger partial charge on any atom is -0.484 e. The second kappa shape index (κ2) is 9.15. The summed E-state index contributed by atoms with van der Waals surface area (Å²) >= 11 is 0. The smallest absolute Gasteiger partial charge is 0.325 e. The molecule has 1 spiro atoms. The summed E-state index contributed by atoms with van der Waals surface area (Å²) in [6.07, 6.45) is 3.58. The van der Waals surface area contributed by atoms with E-state index in [0.29, 0.717) is 25.0 Å². The van der Waals surface area contributed by atoms with Gasteiger partial charge < -0.3 is 10.1 Å². The summed E-state index contributed by atoms with van der Waals surface area (Å²) in [6.45, 7) is 3.88. The van der Waals surface area contributed by atoms with Gasteiger partial charge in [-0.2, -0.15) is 0 Å². The highest BCUT2D eigenvalue weighted by Crippen LogP contribution is 2.35. The summed E-state index contributed by atoms with van der Waals surface area (Å²) in [5.41, 5.74) is 6.06. The van der Waals surface area contributed by atoms with Crippen molar-refractivity contribution in [1.82, 2.24) is 21.1 Å². The number of nitrogens with zero attached hydrogens (tertiary/aromatic N) is 1. The van der Waals surface area contributed by atoms with Crippen molar-refractivity contribution < 1.29 is 23.9 Å². The van der Waals surface area contributed by atoms with Gasteiger partial charge in [0.15, 0.2) is 6.61 Å². The maximum Gasteiger partial charge on any atom is 0.325 e. The number of benzene rings is 1. The molecule has 162 valence electrons. The number of carbonyl (C=O) groups excluding carboxylic acids is 4. The van der Waals surface area contributed by atoms with Crippen LogP contribution >= 0.6 is 0 Å². The van der Waals surface area contributed by atoms with E-state index in [1.807, 2.05) is 26.0 Å². The summed E-state index contributed by atoms with van der Waals surface area (Å²) in [6, 6.07) is 5.13. The Hall–Kier alpha value is -3.10. The lowest BCUT2D eigenvalue weighted by molar-refractivity contribution is -0.131. The minimum atomic E-state index is -0.733. The average molecular weight is 416 g/mol. The van der Waals surface area contributed by atoms with Crippen LogP contribution in [0.3, 0.4) is 0 Å². The monoisotopic (exact) mass is 416 g/mol. The quantitative estimate of drug-likeness (QED) is 0.460. The van der Waals surface area contributed by atoms with Crippen LogP contribution in [0.15, 0.2) is 18.2 Å². The van der Waals surface area contributed by atoms with Crippen LogP contribution in [0.2, 0.25) is 0 Å². The van der Waals surface area contributed by atoms with Gasteiger partial charge in [-0.15, -0.1) is 0 Å². The van der Waals surface area contributed by atoms with Crippen LogP contribution in [-0.2, 0) is 14.4 Å². The molecule has 0 unspecified atom stereocenters. The number of hydrazine groups is 1. The van der Waals surface area contributed by atoms with Gasteiger partial charge in [0, 0.05) is 13.0 Å². The highest BCUT2D eigenvalue weighted by molar-refractivity contribution is 6.07. The normalized spacial score (nSPS) is 17.2. The molecule has 1 aromatic rings. The molecule has 9 nitrogen and oxygen atoms in total. The lowest BCUT2D eigenvalue weighted by Crippen LogP contribution is -2.44. The van der Waals surface area contributed by atoms with Gasteiger partial charge in [0.1, 0.15) is 11.3 Å². The SMILES string of the molecule is Cc1ccc(OCC(=O)NNC(=O)CCCN2C(=O)NC3(CCCC3)C2=O)cc1C. The van der Waals surface area contributed by atoms with E-state index in [2.05, 4.69) is 16.2 Å². The van der Waals surface area contributed by atoms with Crippen LogP contribution in [-0.4, -0.2) is 47.3 Å². The van der Waals surface area contributed by atoms with Gasteiger partial charge in [0.2, 0.25) is 5.91 Å². The Labute approximate surface area is 175 Å². The van der Waals surface area contributed by atoms with E-state index in [4.69, 9.17) is 4.74 Å². The lowest BCUT2D eigenvalue weighted by Gasteiger charge is -2.19. The molecule has 3 rings (SSSR count). The van der Waals surface area contributed by atoms with Gasteiger partial charge in [0.05, 0.1) is 0 Å². The maximum atomic E-state index is 12.5. The summed E-state index contributed by atoms with van der Waals surface area (Å²) in [5.74, 6) is -0.508. The van der Waals surface area contributed by atoms with Crippen molar-refractivity contribution in [1.29, 1.82) is 0 Å². The van der Waals surface area contributed by atoms with E-state index in [0.717, 1.165) is 24.0 Å². The number of ether oxygens (including phenoxy) is 1. The van der Waals surface area contributed by atoms with E-state index in [1.165, 1.54) is 4.90 Å². The summed E-state index contributed by atoms with van der Waals surface area (Å²) in [5, 5.41) is 2.81. The maximum absolute atomic E-state index is 12.5. The fraction of sp³-hybridized carbons (Fsp3) is 0.524. The zero-order valence-corrected chi connectivity index (χ0v) is 17.4. The molecule has 0 bridgehead atoms. The zero-order valence-electron chi connectivity index (χ0n) is 17.4. The van der Waals surface area contributed by atoms with Crippen molar-refractivity contribution in [3.8, 4) is 5.75 Å². The Morgan fingerprint density at radius 2 is 1.80 bits per heavy atom. The molecule has 3 N–H and O–H groups in total. The van der Waals surface area contributed by atoms with E-state index in [9.17, 15) is 19.2 Å². The number of nitrogens with one attached hydrogen (secondary N) is 3. The lowest BCUT2D eigenvalue weighted by atomic mass is 9.98. The summed E-state index contributed by atoms with van der Waals surface area (Å²) in [4.78, 5) is 49.6. The van der Waals surface area contributed by atoms with E-state index >= 15 is 0 Å². The molecule has 1 saturated heterocycles. The fourth-order valence-corrected chi connectivity index (χ4v) is 3.79. The zero-order chi connectivity index (χ0) is 21.7. The molecule has 1 heterocycles. The molecular formula is C21H28N4O5. The van der Waals surface area contributed by atoms with Crippen LogP contribution in [0.5, 0.6) is 5.75 Å². The van der Waals surface area contributed by atoms with Crippen LogP contribution in [0.1, 0.15) is 49.7 Å². The molecule has 0 radical (unpaired) electrons. The topological polar surface area (TPSA) is 117 Å². The first-order chi connectivity index (χ1) is 14.3. The van der Waals surface area contributed by atoms with Gasteiger partial charge >= 0.3 is 6.03 Å². The van der Waals surface area contributed by atoms with E-state index in [-0.39, 0.29) is 31.5 Å². The molecule has 1 aliphatic heterocycles. The Bertz CT molecular complexity index is 848. The summed E-state index contributed by atoms with van der Waals surface area (Å²) in [7, 11) is 0. The second-order valence-corrected chi connectivity index (χ2v) is 7.91. The number of urea groups is 1. The third-order valence-electron chi connectivity index (χ3n) is 5.68. The molecule has 1 saturated carbocycles. The van der Waals surface area contributed by atoms with Crippen LogP contribution < -0.4 is 20.9 Å². The Kier molecular flexibility index (Phi) is 6.59. The number of aryl methyl sites for hydroxylation is 2. The first kappa shape index (κ1) is 21.6. The van der Waals surface area contributed by atoms with Crippen molar-refractivity contribution in [2.75, 3.05) is 13.2 Å². The first-order valence-corrected chi connectivity index (χ1v) is 10.2. The molecule has 5 amide bonds. The number of rotatable bonds is 7.